The van der Waals surface area contributed by atoms with Gasteiger partial charge in [0.2, 0.25) is 0 Å². The zero-order valence-electron chi connectivity index (χ0n) is 14.3. The lowest BCUT2D eigenvalue weighted by Gasteiger charge is -2.34. The van der Waals surface area contributed by atoms with Gasteiger partial charge in [-0.15, -0.1) is 0 Å². The van der Waals surface area contributed by atoms with Gasteiger partial charge in [0.1, 0.15) is 12.4 Å². The molecule has 0 spiro atoms. The van der Waals surface area contributed by atoms with Crippen LogP contribution >= 0.6 is 11.8 Å². The molecule has 0 radical (unpaired) electrons. The maximum atomic E-state index is 12.5. The summed E-state index contributed by atoms with van der Waals surface area (Å²) in [5, 5.41) is 0.680. The van der Waals surface area contributed by atoms with E-state index in [-0.39, 0.29) is 5.91 Å². The predicted octanol–water partition coefficient (Wildman–Crippen LogP) is 2.04. The fourth-order valence-electron chi connectivity index (χ4n) is 2.70. The fourth-order valence-corrected chi connectivity index (χ4v) is 3.01. The Kier molecular flexibility index (Phi) is 6.25. The molecular formula is C18H22N4O2S. The number of rotatable bonds is 6. The van der Waals surface area contributed by atoms with Crippen LogP contribution in [0.3, 0.4) is 0 Å². The molecule has 25 heavy (non-hydrogen) atoms. The molecule has 1 aromatic carbocycles. The number of ether oxygens (including phenoxy) is 1. The third-order valence-electron chi connectivity index (χ3n) is 4.14. The van der Waals surface area contributed by atoms with Crippen molar-refractivity contribution < 1.29 is 9.53 Å². The summed E-state index contributed by atoms with van der Waals surface area (Å²) in [6.07, 6.45) is 5.14. The van der Waals surface area contributed by atoms with Crippen molar-refractivity contribution >= 4 is 17.7 Å². The quantitative estimate of drug-likeness (QED) is 0.582. The molecule has 0 N–H and O–H groups in total. The first-order valence-corrected chi connectivity index (χ1v) is 9.54. The van der Waals surface area contributed by atoms with Crippen LogP contribution in [0.5, 0.6) is 5.75 Å². The SMILES string of the molecule is CSc1ncc(C(=O)N2CCN(CCOc3ccccc3)CC2)cn1. The summed E-state index contributed by atoms with van der Waals surface area (Å²) in [5.41, 5.74) is 0.554. The van der Waals surface area contributed by atoms with Crippen LogP contribution in [0, 0.1) is 0 Å². The second-order valence-electron chi connectivity index (χ2n) is 5.75. The molecule has 1 aliphatic heterocycles. The van der Waals surface area contributed by atoms with Crippen molar-refractivity contribution in [2.75, 3.05) is 45.6 Å². The van der Waals surface area contributed by atoms with E-state index in [0.717, 1.165) is 25.4 Å². The second kappa shape index (κ2) is 8.82. The number of amides is 1. The van der Waals surface area contributed by atoms with Gasteiger partial charge in [-0.05, 0) is 18.4 Å². The molecule has 1 fully saturated rings. The van der Waals surface area contributed by atoms with Crippen LogP contribution in [0.1, 0.15) is 10.4 Å². The summed E-state index contributed by atoms with van der Waals surface area (Å²) in [4.78, 5) is 25.0. The molecule has 0 saturated carbocycles. The van der Waals surface area contributed by atoms with Gasteiger partial charge in [-0.2, -0.15) is 0 Å². The van der Waals surface area contributed by atoms with E-state index in [1.165, 1.54) is 11.8 Å². The Morgan fingerprint density at radius 1 is 1.12 bits per heavy atom. The van der Waals surface area contributed by atoms with E-state index < -0.39 is 0 Å². The Hall–Kier alpha value is -2.12. The normalized spacial score (nSPS) is 15.2. The Bertz CT molecular complexity index is 673. The first kappa shape index (κ1) is 17.7. The van der Waals surface area contributed by atoms with Crippen LogP contribution in [0.4, 0.5) is 0 Å². The minimum atomic E-state index is 0.00726. The molecule has 0 atom stereocenters. The van der Waals surface area contributed by atoms with Gasteiger partial charge in [0.05, 0.1) is 5.56 Å². The Morgan fingerprint density at radius 2 is 1.80 bits per heavy atom. The van der Waals surface area contributed by atoms with Crippen molar-refractivity contribution in [3.05, 3.63) is 48.3 Å². The minimum Gasteiger partial charge on any atom is -0.492 e. The van der Waals surface area contributed by atoms with Crippen LogP contribution in [0.2, 0.25) is 0 Å². The number of nitrogens with zero attached hydrogens (tertiary/aromatic N) is 4. The zero-order chi connectivity index (χ0) is 17.5. The summed E-state index contributed by atoms with van der Waals surface area (Å²) in [5.74, 6) is 0.901. The molecule has 6 nitrogen and oxygen atoms in total. The molecule has 1 amide bonds. The molecule has 3 rings (SSSR count). The number of carbonyl (C=O) groups excluding carboxylic acids is 1. The van der Waals surface area contributed by atoms with Crippen molar-refractivity contribution in [1.29, 1.82) is 0 Å². The van der Waals surface area contributed by atoms with Gasteiger partial charge in [0.15, 0.2) is 5.16 Å². The van der Waals surface area contributed by atoms with Gasteiger partial charge in [-0.3, -0.25) is 9.69 Å². The Balaban J connectivity index is 1.42. The maximum Gasteiger partial charge on any atom is 0.257 e. The van der Waals surface area contributed by atoms with E-state index in [2.05, 4.69) is 14.9 Å². The third-order valence-corrected chi connectivity index (χ3v) is 4.71. The number of piperazine rings is 1. The third kappa shape index (κ3) is 4.93. The Morgan fingerprint density at radius 3 is 2.44 bits per heavy atom. The van der Waals surface area contributed by atoms with E-state index in [1.807, 2.05) is 41.5 Å². The number of thioether (sulfide) groups is 1. The fraction of sp³-hybridized carbons (Fsp3) is 0.389. The van der Waals surface area contributed by atoms with E-state index in [1.54, 1.807) is 12.4 Å². The second-order valence-corrected chi connectivity index (χ2v) is 6.53. The highest BCUT2D eigenvalue weighted by Crippen LogP contribution is 2.11. The van der Waals surface area contributed by atoms with Crippen LogP contribution in [-0.4, -0.2) is 71.3 Å². The largest absolute Gasteiger partial charge is 0.492 e. The summed E-state index contributed by atoms with van der Waals surface area (Å²) < 4.78 is 5.73. The van der Waals surface area contributed by atoms with Crippen molar-refractivity contribution in [3.8, 4) is 5.75 Å². The van der Waals surface area contributed by atoms with Gasteiger partial charge < -0.3 is 9.64 Å². The lowest BCUT2D eigenvalue weighted by molar-refractivity contribution is 0.0619. The van der Waals surface area contributed by atoms with Gasteiger partial charge >= 0.3 is 0 Å². The number of benzene rings is 1. The minimum absolute atomic E-state index is 0.00726. The molecule has 7 heteroatoms. The summed E-state index contributed by atoms with van der Waals surface area (Å²) >= 11 is 1.47. The van der Waals surface area contributed by atoms with Crippen molar-refractivity contribution in [3.63, 3.8) is 0 Å². The summed E-state index contributed by atoms with van der Waals surface area (Å²) in [6.45, 7) is 4.66. The smallest absolute Gasteiger partial charge is 0.257 e. The van der Waals surface area contributed by atoms with Gasteiger partial charge in [0.25, 0.3) is 5.91 Å². The highest BCUT2D eigenvalue weighted by molar-refractivity contribution is 7.98. The highest BCUT2D eigenvalue weighted by atomic mass is 32.2. The van der Waals surface area contributed by atoms with Crippen molar-refractivity contribution in [1.82, 2.24) is 19.8 Å². The molecular weight excluding hydrogens is 336 g/mol. The monoisotopic (exact) mass is 358 g/mol. The summed E-state index contributed by atoms with van der Waals surface area (Å²) in [6, 6.07) is 9.83. The van der Waals surface area contributed by atoms with Gasteiger partial charge in [-0.25, -0.2) is 9.97 Å². The van der Waals surface area contributed by atoms with E-state index in [9.17, 15) is 4.79 Å². The first-order chi connectivity index (χ1) is 12.3. The molecule has 0 unspecified atom stereocenters. The molecule has 2 heterocycles. The van der Waals surface area contributed by atoms with Crippen LogP contribution in [0.25, 0.3) is 0 Å². The summed E-state index contributed by atoms with van der Waals surface area (Å²) in [7, 11) is 0. The predicted molar refractivity (Wildman–Crippen MR) is 98.1 cm³/mol. The molecule has 2 aromatic rings. The highest BCUT2D eigenvalue weighted by Gasteiger charge is 2.22. The van der Waals surface area contributed by atoms with Crippen LogP contribution in [-0.2, 0) is 0 Å². The first-order valence-electron chi connectivity index (χ1n) is 8.32. The number of hydrogen-bond acceptors (Lipinski definition) is 6. The molecule has 0 aliphatic carbocycles. The number of para-hydroxylation sites is 1. The van der Waals surface area contributed by atoms with Crippen molar-refractivity contribution in [2.45, 2.75) is 5.16 Å². The van der Waals surface area contributed by atoms with E-state index in [0.29, 0.717) is 30.4 Å². The molecule has 1 aromatic heterocycles. The lowest BCUT2D eigenvalue weighted by atomic mass is 10.2. The van der Waals surface area contributed by atoms with Gasteiger partial charge in [-0.1, -0.05) is 30.0 Å². The molecule has 1 saturated heterocycles. The van der Waals surface area contributed by atoms with E-state index >= 15 is 0 Å². The van der Waals surface area contributed by atoms with Crippen molar-refractivity contribution in [2.24, 2.45) is 0 Å². The molecule has 0 bridgehead atoms. The average Bonchev–Trinajstić information content (AvgIpc) is 2.69. The maximum absolute atomic E-state index is 12.5. The Labute approximate surface area is 152 Å². The van der Waals surface area contributed by atoms with Crippen LogP contribution < -0.4 is 4.74 Å². The molecule has 132 valence electrons. The molecule has 1 aliphatic rings. The zero-order valence-corrected chi connectivity index (χ0v) is 15.1. The standard InChI is InChI=1S/C18H22N4O2S/c1-25-18-19-13-15(14-20-18)17(23)22-9-7-21(8-10-22)11-12-24-16-5-3-2-4-6-16/h2-6,13-14H,7-12H2,1H3. The number of hydrogen-bond donors (Lipinski definition) is 0. The lowest BCUT2D eigenvalue weighted by Crippen LogP contribution is -2.49. The number of carbonyl (C=O) groups is 1. The number of aromatic nitrogens is 2. The average molecular weight is 358 g/mol. The topological polar surface area (TPSA) is 58.6 Å². The van der Waals surface area contributed by atoms with Crippen LogP contribution in [0.15, 0.2) is 47.9 Å². The van der Waals surface area contributed by atoms with E-state index in [4.69, 9.17) is 4.74 Å². The van der Waals surface area contributed by atoms with Gasteiger partial charge in [0, 0.05) is 45.1 Å².